The van der Waals surface area contributed by atoms with Crippen LogP contribution in [0.3, 0.4) is 0 Å². The van der Waals surface area contributed by atoms with Crippen molar-refractivity contribution in [2.24, 2.45) is 0 Å². The SMILES string of the molecule is Cc1cccc(OCCNc2nc3ccccn3c2[N+](=O)[O-])c1. The van der Waals surface area contributed by atoms with Crippen LogP contribution in [-0.4, -0.2) is 27.5 Å². The third kappa shape index (κ3) is 3.23. The van der Waals surface area contributed by atoms with Gasteiger partial charge in [-0.3, -0.25) is 0 Å². The summed E-state index contributed by atoms with van der Waals surface area (Å²) < 4.78 is 7.06. The van der Waals surface area contributed by atoms with E-state index >= 15 is 0 Å². The Morgan fingerprint density at radius 3 is 2.96 bits per heavy atom. The van der Waals surface area contributed by atoms with Crippen LogP contribution in [0.4, 0.5) is 11.6 Å². The lowest BCUT2D eigenvalue weighted by atomic mass is 10.2. The van der Waals surface area contributed by atoms with Crippen LogP contribution in [0.25, 0.3) is 5.65 Å². The summed E-state index contributed by atoms with van der Waals surface area (Å²) in [4.78, 5) is 15.1. The molecule has 0 unspecified atom stereocenters. The largest absolute Gasteiger partial charge is 0.492 e. The maximum atomic E-state index is 11.3. The fraction of sp³-hybridized carbons (Fsp3) is 0.188. The fourth-order valence-electron chi connectivity index (χ4n) is 2.32. The summed E-state index contributed by atoms with van der Waals surface area (Å²) in [5.74, 6) is 0.946. The van der Waals surface area contributed by atoms with Crippen molar-refractivity contribution in [2.75, 3.05) is 18.5 Å². The van der Waals surface area contributed by atoms with E-state index in [0.717, 1.165) is 11.3 Å². The summed E-state index contributed by atoms with van der Waals surface area (Å²) in [5.41, 5.74) is 1.65. The quantitative estimate of drug-likeness (QED) is 0.430. The molecular weight excluding hydrogens is 296 g/mol. The number of hydrogen-bond donors (Lipinski definition) is 1. The van der Waals surface area contributed by atoms with Gasteiger partial charge in [-0.25, -0.2) is 0 Å². The van der Waals surface area contributed by atoms with Gasteiger partial charge in [-0.15, -0.1) is 0 Å². The highest BCUT2D eigenvalue weighted by atomic mass is 16.6. The number of aryl methyl sites for hydroxylation is 1. The van der Waals surface area contributed by atoms with E-state index in [1.54, 1.807) is 24.4 Å². The predicted molar refractivity (Wildman–Crippen MR) is 87.0 cm³/mol. The summed E-state index contributed by atoms with van der Waals surface area (Å²) >= 11 is 0. The Hall–Kier alpha value is -3.09. The number of rotatable bonds is 6. The zero-order chi connectivity index (χ0) is 16.2. The minimum absolute atomic E-state index is 0.0730. The number of nitrogens with one attached hydrogen (secondary N) is 1. The number of hydrogen-bond acceptors (Lipinski definition) is 5. The van der Waals surface area contributed by atoms with Crippen LogP contribution in [-0.2, 0) is 0 Å². The molecule has 0 fully saturated rings. The van der Waals surface area contributed by atoms with Crippen LogP contribution >= 0.6 is 0 Å². The van der Waals surface area contributed by atoms with Gasteiger partial charge in [-0.05, 0) is 35.6 Å². The van der Waals surface area contributed by atoms with Crippen molar-refractivity contribution in [3.05, 3.63) is 64.3 Å². The maximum Gasteiger partial charge on any atom is 0.372 e. The van der Waals surface area contributed by atoms with Gasteiger partial charge in [0.1, 0.15) is 12.4 Å². The molecule has 2 heterocycles. The lowest BCUT2D eigenvalue weighted by Crippen LogP contribution is -2.12. The van der Waals surface area contributed by atoms with Gasteiger partial charge in [0.2, 0.25) is 11.5 Å². The number of nitrogens with zero attached hydrogens (tertiary/aromatic N) is 3. The van der Waals surface area contributed by atoms with E-state index in [2.05, 4.69) is 10.3 Å². The van der Waals surface area contributed by atoms with Crippen LogP contribution in [0, 0.1) is 17.0 Å². The Morgan fingerprint density at radius 1 is 1.30 bits per heavy atom. The van der Waals surface area contributed by atoms with Crippen LogP contribution in [0.15, 0.2) is 48.7 Å². The first kappa shape index (κ1) is 14.8. The van der Waals surface area contributed by atoms with Crippen molar-refractivity contribution in [1.82, 2.24) is 9.38 Å². The highest BCUT2D eigenvalue weighted by molar-refractivity contribution is 5.62. The van der Waals surface area contributed by atoms with Crippen LogP contribution < -0.4 is 10.1 Å². The number of pyridine rings is 1. The van der Waals surface area contributed by atoms with Gasteiger partial charge in [0.05, 0.1) is 12.7 Å². The fourth-order valence-corrected chi connectivity index (χ4v) is 2.32. The zero-order valence-electron chi connectivity index (χ0n) is 12.6. The second-order valence-electron chi connectivity index (χ2n) is 5.06. The van der Waals surface area contributed by atoms with E-state index in [1.165, 1.54) is 4.40 Å². The molecule has 2 aromatic heterocycles. The molecular formula is C16H16N4O3. The third-order valence-electron chi connectivity index (χ3n) is 3.33. The molecule has 3 aromatic rings. The third-order valence-corrected chi connectivity index (χ3v) is 3.33. The molecule has 1 N–H and O–H groups in total. The van der Waals surface area contributed by atoms with Gasteiger partial charge < -0.3 is 20.2 Å². The van der Waals surface area contributed by atoms with Crippen LogP contribution in [0.2, 0.25) is 0 Å². The van der Waals surface area contributed by atoms with Crippen LogP contribution in [0.5, 0.6) is 5.75 Å². The molecule has 7 heteroatoms. The minimum Gasteiger partial charge on any atom is -0.492 e. The van der Waals surface area contributed by atoms with Gasteiger partial charge in [-0.1, -0.05) is 18.2 Å². The molecule has 0 saturated heterocycles. The molecule has 3 rings (SSSR count). The zero-order valence-corrected chi connectivity index (χ0v) is 12.6. The summed E-state index contributed by atoms with van der Waals surface area (Å²) in [7, 11) is 0. The first-order chi connectivity index (χ1) is 11.1. The molecule has 0 aliphatic carbocycles. The highest BCUT2D eigenvalue weighted by Crippen LogP contribution is 2.24. The lowest BCUT2D eigenvalue weighted by molar-refractivity contribution is -0.389. The first-order valence-corrected chi connectivity index (χ1v) is 7.20. The monoisotopic (exact) mass is 312 g/mol. The van der Waals surface area contributed by atoms with Crippen molar-refractivity contribution in [1.29, 1.82) is 0 Å². The summed E-state index contributed by atoms with van der Waals surface area (Å²) in [6, 6.07) is 13.0. The Bertz CT molecular complexity index is 844. The van der Waals surface area contributed by atoms with Crippen molar-refractivity contribution in [2.45, 2.75) is 6.92 Å². The normalized spacial score (nSPS) is 10.7. The number of anilines is 1. The Labute approximate surface area is 132 Å². The number of benzene rings is 1. The number of ether oxygens (including phenoxy) is 1. The van der Waals surface area contributed by atoms with Gasteiger partial charge in [0.15, 0.2) is 0 Å². The van der Waals surface area contributed by atoms with E-state index < -0.39 is 4.92 Å². The van der Waals surface area contributed by atoms with Gasteiger partial charge in [0, 0.05) is 6.07 Å². The number of fused-ring (bicyclic) bond motifs is 1. The number of aromatic nitrogens is 2. The van der Waals surface area contributed by atoms with E-state index in [1.807, 2.05) is 31.2 Å². The minimum atomic E-state index is -0.441. The van der Waals surface area contributed by atoms with E-state index in [9.17, 15) is 10.1 Å². The Morgan fingerprint density at radius 2 is 2.17 bits per heavy atom. The van der Waals surface area contributed by atoms with Crippen LogP contribution in [0.1, 0.15) is 5.56 Å². The lowest BCUT2D eigenvalue weighted by Gasteiger charge is -2.07. The molecule has 118 valence electrons. The van der Waals surface area contributed by atoms with Gasteiger partial charge in [0.25, 0.3) is 0 Å². The highest BCUT2D eigenvalue weighted by Gasteiger charge is 2.21. The average Bonchev–Trinajstić information content (AvgIpc) is 2.90. The molecule has 0 atom stereocenters. The average molecular weight is 312 g/mol. The standard InChI is InChI=1S/C16H16N4O3/c1-12-5-4-6-13(11-12)23-10-8-17-15-16(20(21)22)19-9-3-2-7-14(19)18-15/h2-7,9,11,17H,8,10H2,1H3. The second-order valence-corrected chi connectivity index (χ2v) is 5.06. The van der Waals surface area contributed by atoms with E-state index in [4.69, 9.17) is 4.74 Å². The maximum absolute atomic E-state index is 11.3. The van der Waals surface area contributed by atoms with Crippen molar-refractivity contribution < 1.29 is 9.66 Å². The molecule has 7 nitrogen and oxygen atoms in total. The molecule has 0 aliphatic rings. The van der Waals surface area contributed by atoms with Gasteiger partial charge in [-0.2, -0.15) is 9.38 Å². The van der Waals surface area contributed by atoms with Crippen molar-refractivity contribution >= 4 is 17.3 Å². The summed E-state index contributed by atoms with van der Waals surface area (Å²) in [5, 5.41) is 14.2. The second kappa shape index (κ2) is 6.35. The van der Waals surface area contributed by atoms with E-state index in [-0.39, 0.29) is 11.6 Å². The summed E-state index contributed by atoms with van der Waals surface area (Å²) in [6.07, 6.45) is 1.62. The Balaban J connectivity index is 1.67. The number of nitro groups is 1. The molecule has 0 aliphatic heterocycles. The molecule has 0 bridgehead atoms. The number of imidazole rings is 1. The Kier molecular flexibility index (Phi) is 4.09. The molecule has 0 spiro atoms. The molecule has 0 radical (unpaired) electrons. The topological polar surface area (TPSA) is 81.7 Å². The van der Waals surface area contributed by atoms with Crippen molar-refractivity contribution in [3.8, 4) is 5.75 Å². The summed E-state index contributed by atoms with van der Waals surface area (Å²) in [6.45, 7) is 2.79. The van der Waals surface area contributed by atoms with Crippen molar-refractivity contribution in [3.63, 3.8) is 0 Å². The molecule has 0 saturated carbocycles. The molecule has 1 aromatic carbocycles. The van der Waals surface area contributed by atoms with Gasteiger partial charge >= 0.3 is 5.82 Å². The predicted octanol–water partition coefficient (Wildman–Crippen LogP) is 3.04. The molecule has 0 amide bonds. The smallest absolute Gasteiger partial charge is 0.372 e. The van der Waals surface area contributed by atoms with E-state index in [0.29, 0.717) is 18.8 Å². The molecule has 23 heavy (non-hydrogen) atoms. The first-order valence-electron chi connectivity index (χ1n) is 7.20.